The van der Waals surface area contributed by atoms with Gasteiger partial charge in [0.15, 0.2) is 0 Å². The van der Waals surface area contributed by atoms with Crippen LogP contribution in [-0.4, -0.2) is 16.0 Å². The maximum atomic E-state index is 10.9. The van der Waals surface area contributed by atoms with E-state index >= 15 is 0 Å². The van der Waals surface area contributed by atoms with Crippen LogP contribution in [0.5, 0.6) is 0 Å². The molecule has 2 atom stereocenters. The van der Waals surface area contributed by atoms with E-state index in [9.17, 15) is 5.11 Å². The zero-order valence-electron chi connectivity index (χ0n) is 14.6. The first-order valence-electron chi connectivity index (χ1n) is 8.79. The molecule has 2 heteroatoms. The topological polar surface area (TPSA) is 23.5 Å². The van der Waals surface area contributed by atoms with E-state index in [4.69, 9.17) is 0 Å². The van der Waals surface area contributed by atoms with Crippen molar-refractivity contribution in [1.29, 1.82) is 0 Å². The number of benzene rings is 3. The van der Waals surface area contributed by atoms with Crippen LogP contribution in [0.3, 0.4) is 0 Å². The zero-order chi connectivity index (χ0) is 17.5. The van der Waals surface area contributed by atoms with Crippen molar-refractivity contribution in [1.82, 2.24) is 4.90 Å². The summed E-state index contributed by atoms with van der Waals surface area (Å²) < 4.78 is 0. The van der Waals surface area contributed by atoms with Crippen LogP contribution in [0.2, 0.25) is 0 Å². The second-order valence-electron chi connectivity index (χ2n) is 6.47. The number of hydrogen-bond acceptors (Lipinski definition) is 2. The van der Waals surface area contributed by atoms with Gasteiger partial charge in [-0.25, -0.2) is 0 Å². The van der Waals surface area contributed by atoms with Crippen molar-refractivity contribution < 1.29 is 5.11 Å². The van der Waals surface area contributed by atoms with Gasteiger partial charge in [0.05, 0.1) is 6.10 Å². The lowest BCUT2D eigenvalue weighted by molar-refractivity contribution is 0.0484. The van der Waals surface area contributed by atoms with Crippen molar-refractivity contribution in [2.45, 2.75) is 32.2 Å². The molecule has 0 aliphatic rings. The number of hydrogen-bond donors (Lipinski definition) is 1. The van der Waals surface area contributed by atoms with Crippen LogP contribution < -0.4 is 0 Å². The predicted octanol–water partition coefficient (Wildman–Crippen LogP) is 4.81. The van der Waals surface area contributed by atoms with Crippen LogP contribution >= 0.6 is 0 Å². The molecule has 0 aliphatic heterocycles. The fraction of sp³-hybridized carbons (Fsp3) is 0.217. The summed E-state index contributed by atoms with van der Waals surface area (Å²) in [6.07, 6.45) is -0.520. The first kappa shape index (κ1) is 17.4. The molecule has 3 aromatic rings. The first-order valence-corrected chi connectivity index (χ1v) is 8.79. The summed E-state index contributed by atoms with van der Waals surface area (Å²) in [6, 6.07) is 30.8. The minimum absolute atomic E-state index is 0.00260. The Morgan fingerprint density at radius 3 is 1.52 bits per heavy atom. The molecule has 25 heavy (non-hydrogen) atoms. The molecule has 0 aromatic heterocycles. The molecule has 1 N–H and O–H groups in total. The lowest BCUT2D eigenvalue weighted by atomic mass is 10.0. The van der Waals surface area contributed by atoms with E-state index in [0.717, 1.165) is 18.7 Å². The Balaban J connectivity index is 1.81. The van der Waals surface area contributed by atoms with Crippen molar-refractivity contribution in [3.63, 3.8) is 0 Å². The van der Waals surface area contributed by atoms with Crippen LogP contribution in [0.4, 0.5) is 0 Å². The largest absolute Gasteiger partial charge is 0.387 e. The fourth-order valence-electron chi connectivity index (χ4n) is 3.11. The van der Waals surface area contributed by atoms with E-state index in [1.54, 1.807) is 0 Å². The van der Waals surface area contributed by atoms with Gasteiger partial charge in [0.2, 0.25) is 0 Å². The molecule has 0 heterocycles. The molecular weight excluding hydrogens is 306 g/mol. The van der Waals surface area contributed by atoms with Gasteiger partial charge in [-0.1, -0.05) is 91.0 Å². The highest BCUT2D eigenvalue weighted by Gasteiger charge is 2.23. The molecule has 0 fully saturated rings. The maximum Gasteiger partial charge on any atom is 0.0942 e. The lowest BCUT2D eigenvalue weighted by Gasteiger charge is -2.33. The van der Waals surface area contributed by atoms with Gasteiger partial charge in [0, 0.05) is 19.1 Å². The highest BCUT2D eigenvalue weighted by molar-refractivity contribution is 5.21. The Labute approximate surface area is 150 Å². The molecule has 128 valence electrons. The van der Waals surface area contributed by atoms with E-state index in [1.807, 2.05) is 42.5 Å². The summed E-state index contributed by atoms with van der Waals surface area (Å²) in [5.74, 6) is 0. The van der Waals surface area contributed by atoms with Crippen LogP contribution in [0.15, 0.2) is 91.0 Å². The van der Waals surface area contributed by atoms with Crippen LogP contribution in [-0.2, 0) is 13.1 Å². The molecule has 0 radical (unpaired) electrons. The SMILES string of the molecule is CC(C(O)c1ccccc1)N(Cc1ccccc1)Cc1ccccc1. The first-order chi connectivity index (χ1) is 12.2. The smallest absolute Gasteiger partial charge is 0.0942 e. The fourth-order valence-corrected chi connectivity index (χ4v) is 3.11. The Bertz CT molecular complexity index is 701. The molecule has 0 bridgehead atoms. The van der Waals surface area contributed by atoms with Crippen molar-refractivity contribution in [2.75, 3.05) is 0 Å². The molecule has 3 rings (SSSR count). The van der Waals surface area contributed by atoms with Gasteiger partial charge in [0.1, 0.15) is 0 Å². The van der Waals surface area contributed by atoms with Gasteiger partial charge in [-0.3, -0.25) is 4.90 Å². The molecule has 0 aliphatic carbocycles. The second-order valence-corrected chi connectivity index (χ2v) is 6.47. The Morgan fingerprint density at radius 1 is 0.680 bits per heavy atom. The van der Waals surface area contributed by atoms with Crippen LogP contribution in [0, 0.1) is 0 Å². The van der Waals surface area contributed by atoms with Gasteiger partial charge in [-0.2, -0.15) is 0 Å². The van der Waals surface area contributed by atoms with Crippen LogP contribution in [0.1, 0.15) is 29.7 Å². The Hall–Kier alpha value is -2.42. The molecule has 0 spiro atoms. The molecule has 0 saturated carbocycles. The molecule has 3 aromatic carbocycles. The molecule has 0 amide bonds. The van der Waals surface area contributed by atoms with Crippen molar-refractivity contribution in [3.05, 3.63) is 108 Å². The quantitative estimate of drug-likeness (QED) is 0.671. The highest BCUT2D eigenvalue weighted by Crippen LogP contribution is 2.24. The summed E-state index contributed by atoms with van der Waals surface area (Å²) >= 11 is 0. The molecule has 2 nitrogen and oxygen atoms in total. The minimum atomic E-state index is -0.520. The molecular formula is C23H25NO. The third-order valence-corrected chi connectivity index (χ3v) is 4.63. The monoisotopic (exact) mass is 331 g/mol. The average molecular weight is 331 g/mol. The van der Waals surface area contributed by atoms with E-state index < -0.39 is 6.10 Å². The predicted molar refractivity (Wildman–Crippen MR) is 103 cm³/mol. The van der Waals surface area contributed by atoms with E-state index in [0.29, 0.717) is 0 Å². The van der Waals surface area contributed by atoms with E-state index in [1.165, 1.54) is 11.1 Å². The highest BCUT2D eigenvalue weighted by atomic mass is 16.3. The van der Waals surface area contributed by atoms with Gasteiger partial charge in [0.25, 0.3) is 0 Å². The standard InChI is InChI=1S/C23H25NO/c1-19(23(25)22-15-9-4-10-16-22)24(17-20-11-5-2-6-12-20)18-21-13-7-3-8-14-21/h2-16,19,23,25H,17-18H2,1H3. The average Bonchev–Trinajstić information content (AvgIpc) is 2.68. The third kappa shape index (κ3) is 4.79. The third-order valence-electron chi connectivity index (χ3n) is 4.63. The summed E-state index contributed by atoms with van der Waals surface area (Å²) in [7, 11) is 0. The summed E-state index contributed by atoms with van der Waals surface area (Å²) in [6.45, 7) is 3.71. The van der Waals surface area contributed by atoms with Crippen molar-refractivity contribution in [3.8, 4) is 0 Å². The van der Waals surface area contributed by atoms with E-state index in [-0.39, 0.29) is 6.04 Å². The number of rotatable bonds is 7. The van der Waals surface area contributed by atoms with Crippen molar-refractivity contribution >= 4 is 0 Å². The number of aliphatic hydroxyl groups excluding tert-OH is 1. The van der Waals surface area contributed by atoms with Gasteiger partial charge in [-0.15, -0.1) is 0 Å². The summed E-state index contributed by atoms with van der Waals surface area (Å²) in [5, 5.41) is 10.9. The van der Waals surface area contributed by atoms with Gasteiger partial charge < -0.3 is 5.11 Å². The normalized spacial score (nSPS) is 13.6. The maximum absolute atomic E-state index is 10.9. The molecule has 2 unspecified atom stereocenters. The zero-order valence-corrected chi connectivity index (χ0v) is 14.6. The Kier molecular flexibility index (Phi) is 5.99. The minimum Gasteiger partial charge on any atom is -0.387 e. The van der Waals surface area contributed by atoms with Crippen molar-refractivity contribution in [2.24, 2.45) is 0 Å². The number of aliphatic hydroxyl groups is 1. The van der Waals surface area contributed by atoms with E-state index in [2.05, 4.69) is 60.4 Å². The number of nitrogens with zero attached hydrogens (tertiary/aromatic N) is 1. The van der Waals surface area contributed by atoms with Gasteiger partial charge in [-0.05, 0) is 23.6 Å². The Morgan fingerprint density at radius 2 is 1.08 bits per heavy atom. The summed E-state index contributed by atoms with van der Waals surface area (Å²) in [5.41, 5.74) is 3.47. The molecule has 0 saturated heterocycles. The van der Waals surface area contributed by atoms with Crippen LogP contribution in [0.25, 0.3) is 0 Å². The van der Waals surface area contributed by atoms with Gasteiger partial charge >= 0.3 is 0 Å². The summed E-state index contributed by atoms with van der Waals surface area (Å²) in [4.78, 5) is 2.34. The lowest BCUT2D eigenvalue weighted by Crippen LogP contribution is -2.36. The second kappa shape index (κ2) is 8.61.